The SMILES string of the molecule is COc1cc(S(=O)(=O)N2C[C@H](CNC(=O)C(=O)O)Oc3ccc(/C=C(\C)c4c(F)cccc4Cl)cc32)ccc1F. The molecule has 1 amide bonds. The van der Waals surface area contributed by atoms with Gasteiger partial charge in [0, 0.05) is 11.6 Å². The average Bonchev–Trinajstić information content (AvgIpc) is 2.91. The van der Waals surface area contributed by atoms with Crippen LogP contribution >= 0.6 is 11.6 Å². The zero-order valence-electron chi connectivity index (χ0n) is 21.2. The van der Waals surface area contributed by atoms with Gasteiger partial charge < -0.3 is 19.9 Å². The third kappa shape index (κ3) is 5.87. The summed E-state index contributed by atoms with van der Waals surface area (Å²) in [6, 6.07) is 12.0. The summed E-state index contributed by atoms with van der Waals surface area (Å²) in [4.78, 5) is 22.2. The van der Waals surface area contributed by atoms with Gasteiger partial charge in [-0.15, -0.1) is 0 Å². The molecule has 2 N–H and O–H groups in total. The number of anilines is 1. The summed E-state index contributed by atoms with van der Waals surface area (Å²) in [7, 11) is -3.15. The van der Waals surface area contributed by atoms with Gasteiger partial charge in [0.05, 0.1) is 35.8 Å². The lowest BCUT2D eigenvalue weighted by Gasteiger charge is -2.35. The fourth-order valence-corrected chi connectivity index (χ4v) is 5.99. The summed E-state index contributed by atoms with van der Waals surface area (Å²) in [6.45, 7) is 1.02. The molecule has 3 aromatic rings. The van der Waals surface area contributed by atoms with E-state index in [1.165, 1.54) is 31.4 Å². The highest BCUT2D eigenvalue weighted by molar-refractivity contribution is 7.92. The number of halogens is 3. The van der Waals surface area contributed by atoms with Gasteiger partial charge in [0.2, 0.25) is 0 Å². The number of ether oxygens (including phenoxy) is 2. The van der Waals surface area contributed by atoms with E-state index in [4.69, 9.17) is 26.2 Å². The molecule has 13 heteroatoms. The number of fused-ring (bicyclic) bond motifs is 1. The second-order valence-corrected chi connectivity index (χ2v) is 11.0. The summed E-state index contributed by atoms with van der Waals surface area (Å²) in [5.74, 6) is -4.43. The van der Waals surface area contributed by atoms with Crippen LogP contribution in [0.2, 0.25) is 5.02 Å². The molecule has 4 rings (SSSR count). The molecule has 0 saturated heterocycles. The summed E-state index contributed by atoms with van der Waals surface area (Å²) >= 11 is 6.19. The lowest BCUT2D eigenvalue weighted by molar-refractivity contribution is -0.150. The maximum absolute atomic E-state index is 14.5. The van der Waals surface area contributed by atoms with Crippen LogP contribution in [0.5, 0.6) is 11.5 Å². The monoisotopic (exact) mass is 592 g/mol. The Morgan fingerprint density at radius 3 is 2.60 bits per heavy atom. The lowest BCUT2D eigenvalue weighted by atomic mass is 10.0. The molecule has 1 aliphatic heterocycles. The average molecular weight is 593 g/mol. The zero-order chi connectivity index (χ0) is 29.2. The van der Waals surface area contributed by atoms with Gasteiger partial charge in [-0.3, -0.25) is 9.10 Å². The van der Waals surface area contributed by atoms with Crippen molar-refractivity contribution in [3.8, 4) is 11.5 Å². The van der Waals surface area contributed by atoms with E-state index in [1.807, 2.05) is 0 Å². The molecule has 0 unspecified atom stereocenters. The van der Waals surface area contributed by atoms with Crippen LogP contribution < -0.4 is 19.1 Å². The number of nitrogens with zero attached hydrogens (tertiary/aromatic N) is 1. The van der Waals surface area contributed by atoms with Crippen molar-refractivity contribution in [2.45, 2.75) is 17.9 Å². The minimum Gasteiger partial charge on any atom is -0.494 e. The molecule has 0 saturated carbocycles. The number of benzene rings is 3. The minimum atomic E-state index is -4.35. The first-order valence-electron chi connectivity index (χ1n) is 11.7. The van der Waals surface area contributed by atoms with E-state index in [0.717, 1.165) is 22.5 Å². The molecule has 0 aromatic heterocycles. The Bertz CT molecular complexity index is 1610. The number of nitrogens with one attached hydrogen (secondary N) is 1. The second kappa shape index (κ2) is 11.5. The van der Waals surface area contributed by atoms with E-state index in [9.17, 15) is 26.8 Å². The fraction of sp³-hybridized carbons (Fsp3) is 0.185. The summed E-state index contributed by atoms with van der Waals surface area (Å²) in [5.41, 5.74) is 1.28. The summed E-state index contributed by atoms with van der Waals surface area (Å²) in [6.07, 6.45) is 0.656. The molecule has 0 fully saturated rings. The Kier molecular flexibility index (Phi) is 8.31. The predicted molar refractivity (Wildman–Crippen MR) is 144 cm³/mol. The molecule has 3 aromatic carbocycles. The number of carboxylic acids is 1. The number of carboxylic acid groups (broad SMARTS) is 1. The van der Waals surface area contributed by atoms with Gasteiger partial charge in [-0.25, -0.2) is 22.0 Å². The lowest BCUT2D eigenvalue weighted by Crippen LogP contribution is -2.49. The zero-order valence-corrected chi connectivity index (χ0v) is 22.7. The Morgan fingerprint density at radius 1 is 1.18 bits per heavy atom. The van der Waals surface area contributed by atoms with E-state index in [2.05, 4.69) is 5.32 Å². The van der Waals surface area contributed by atoms with Crippen molar-refractivity contribution in [3.05, 3.63) is 82.4 Å². The van der Waals surface area contributed by atoms with E-state index in [-0.39, 0.29) is 45.8 Å². The van der Waals surface area contributed by atoms with Crippen molar-refractivity contribution < 1.29 is 41.4 Å². The first-order chi connectivity index (χ1) is 18.9. The highest BCUT2D eigenvalue weighted by Gasteiger charge is 2.35. The number of sulfonamides is 1. The number of allylic oxidation sites excluding steroid dienone is 1. The van der Waals surface area contributed by atoms with Crippen LogP contribution in [0.1, 0.15) is 18.1 Å². The van der Waals surface area contributed by atoms with Gasteiger partial charge in [0.15, 0.2) is 11.6 Å². The molecule has 0 spiro atoms. The number of rotatable bonds is 7. The molecule has 0 radical (unpaired) electrons. The third-order valence-corrected chi connectivity index (χ3v) is 8.14. The Balaban J connectivity index is 1.78. The van der Waals surface area contributed by atoms with Crippen LogP contribution in [-0.4, -0.2) is 51.7 Å². The first-order valence-corrected chi connectivity index (χ1v) is 13.5. The Labute approximate surface area is 233 Å². The summed E-state index contributed by atoms with van der Waals surface area (Å²) < 4.78 is 67.9. The van der Waals surface area contributed by atoms with Gasteiger partial charge >= 0.3 is 11.9 Å². The quantitative estimate of drug-likeness (QED) is 0.309. The topological polar surface area (TPSA) is 122 Å². The van der Waals surface area contributed by atoms with Crippen molar-refractivity contribution in [2.24, 2.45) is 0 Å². The van der Waals surface area contributed by atoms with Crippen LogP contribution in [0.25, 0.3) is 11.6 Å². The molecule has 0 bridgehead atoms. The largest absolute Gasteiger partial charge is 0.494 e. The number of carbonyl (C=O) groups excluding carboxylic acids is 1. The number of hydrogen-bond acceptors (Lipinski definition) is 6. The molecule has 1 aliphatic rings. The van der Waals surface area contributed by atoms with Crippen molar-refractivity contribution in [3.63, 3.8) is 0 Å². The molecule has 9 nitrogen and oxygen atoms in total. The number of hydrogen-bond donors (Lipinski definition) is 2. The smallest absolute Gasteiger partial charge is 0.394 e. The highest BCUT2D eigenvalue weighted by atomic mass is 35.5. The second-order valence-electron chi connectivity index (χ2n) is 8.74. The number of aliphatic carboxylic acids is 1. The Hall–Kier alpha value is -4.16. The molecular weight excluding hydrogens is 570 g/mol. The Morgan fingerprint density at radius 2 is 1.93 bits per heavy atom. The summed E-state index contributed by atoms with van der Waals surface area (Å²) in [5, 5.41) is 11.2. The molecule has 210 valence electrons. The van der Waals surface area contributed by atoms with Gasteiger partial charge in [0.1, 0.15) is 17.7 Å². The molecule has 1 heterocycles. The fourth-order valence-electron chi connectivity index (χ4n) is 4.16. The maximum Gasteiger partial charge on any atom is 0.394 e. The normalized spacial score (nSPS) is 15.2. The first kappa shape index (κ1) is 28.8. The van der Waals surface area contributed by atoms with Gasteiger partial charge in [-0.1, -0.05) is 29.8 Å². The van der Waals surface area contributed by atoms with E-state index < -0.39 is 39.6 Å². The number of amides is 1. The third-order valence-electron chi connectivity index (χ3n) is 6.05. The van der Waals surface area contributed by atoms with Crippen molar-refractivity contribution in [1.82, 2.24) is 5.32 Å². The van der Waals surface area contributed by atoms with Crippen LogP contribution in [0.4, 0.5) is 14.5 Å². The number of carbonyl (C=O) groups is 2. The van der Waals surface area contributed by atoms with Crippen LogP contribution in [-0.2, 0) is 19.6 Å². The van der Waals surface area contributed by atoms with Crippen molar-refractivity contribution in [2.75, 3.05) is 24.5 Å². The minimum absolute atomic E-state index is 0.116. The van der Waals surface area contributed by atoms with Crippen LogP contribution in [0.15, 0.2) is 59.5 Å². The van der Waals surface area contributed by atoms with Crippen molar-refractivity contribution >= 4 is 50.8 Å². The molecule has 1 atom stereocenters. The van der Waals surface area contributed by atoms with Gasteiger partial charge in [-0.05, 0) is 54.5 Å². The maximum atomic E-state index is 14.5. The molecule has 40 heavy (non-hydrogen) atoms. The van der Waals surface area contributed by atoms with Crippen LogP contribution in [0, 0.1) is 11.6 Å². The van der Waals surface area contributed by atoms with Crippen molar-refractivity contribution in [1.29, 1.82) is 0 Å². The van der Waals surface area contributed by atoms with E-state index in [1.54, 1.807) is 25.1 Å². The van der Waals surface area contributed by atoms with E-state index >= 15 is 0 Å². The number of methoxy groups -OCH3 is 1. The molecular formula is C27H23ClF2N2O7S. The standard InChI is InChI=1S/C27H23ClF2N2O7S/c1-15(25-19(28)4-3-5-21(25)30)10-16-6-9-23-22(11-16)32(14-17(39-23)13-31-26(33)27(34)35)40(36,37)18-7-8-20(29)24(12-18)38-2/h3-12,17H,13-14H2,1-2H3,(H,31,33)(H,34,35)/b15-10+/t17-/m0/s1. The predicted octanol–water partition coefficient (Wildman–Crippen LogP) is 4.34. The van der Waals surface area contributed by atoms with Gasteiger partial charge in [-0.2, -0.15) is 0 Å². The highest BCUT2D eigenvalue weighted by Crippen LogP contribution is 2.39. The van der Waals surface area contributed by atoms with Crippen LogP contribution in [0.3, 0.4) is 0 Å². The van der Waals surface area contributed by atoms with E-state index in [0.29, 0.717) is 11.1 Å². The van der Waals surface area contributed by atoms with Gasteiger partial charge in [0.25, 0.3) is 10.0 Å². The molecule has 0 aliphatic carbocycles.